The van der Waals surface area contributed by atoms with Crippen molar-refractivity contribution < 1.29 is 32.9 Å². The Balaban J connectivity index is 4.12. The molecule has 0 aromatic rings. The largest absolute Gasteiger partial charge is 0.472 e. The summed E-state index contributed by atoms with van der Waals surface area (Å²) in [6, 6.07) is -0.780. The van der Waals surface area contributed by atoms with Crippen LogP contribution in [0.25, 0.3) is 0 Å². The highest BCUT2D eigenvalue weighted by Gasteiger charge is 2.28. The zero-order valence-corrected chi connectivity index (χ0v) is 58.4. The van der Waals surface area contributed by atoms with Gasteiger partial charge in [0.15, 0.2) is 0 Å². The second-order valence-corrected chi connectivity index (χ2v) is 27.0. The molecule has 0 radical (unpaired) electrons. The number of unbranched alkanes of at least 4 members (excludes halogenated alkanes) is 33. The van der Waals surface area contributed by atoms with Gasteiger partial charge in [0.2, 0.25) is 5.91 Å². The summed E-state index contributed by atoms with van der Waals surface area (Å²) in [7, 11) is 1.60. The summed E-state index contributed by atoms with van der Waals surface area (Å²) < 4.78 is 23.9. The molecule has 0 fully saturated rings. The molecule has 0 aliphatic carbocycles. The molecule has 502 valence electrons. The molecule has 3 unspecified atom stereocenters. The number of aliphatic hydroxyl groups excluding tert-OH is 1. The van der Waals surface area contributed by atoms with E-state index in [9.17, 15) is 19.4 Å². The van der Waals surface area contributed by atoms with Crippen molar-refractivity contribution in [2.24, 2.45) is 0 Å². The van der Waals surface area contributed by atoms with Crippen LogP contribution in [0.3, 0.4) is 0 Å². The van der Waals surface area contributed by atoms with Crippen LogP contribution in [0, 0.1) is 0 Å². The number of phosphoric acid groups is 1. The quantitative estimate of drug-likeness (QED) is 0.0243. The number of allylic oxidation sites excluding steroid dienone is 20. The van der Waals surface area contributed by atoms with E-state index < -0.39 is 20.0 Å². The second kappa shape index (κ2) is 67.3. The van der Waals surface area contributed by atoms with Crippen LogP contribution >= 0.6 is 7.82 Å². The topological polar surface area (TPSA) is 105 Å². The normalized spacial score (nSPS) is 14.3. The molecule has 0 aromatic heterocycles. The lowest BCUT2D eigenvalue weighted by Crippen LogP contribution is -2.46. The van der Waals surface area contributed by atoms with Crippen LogP contribution in [-0.2, 0) is 18.4 Å². The minimum Gasteiger partial charge on any atom is -0.391 e. The van der Waals surface area contributed by atoms with Crippen molar-refractivity contribution in [2.45, 2.75) is 328 Å². The van der Waals surface area contributed by atoms with E-state index in [1.165, 1.54) is 173 Å². The van der Waals surface area contributed by atoms with Crippen molar-refractivity contribution >= 4 is 13.7 Å². The molecular formula is C78H140N2O6P+. The fourth-order valence-corrected chi connectivity index (χ4v) is 11.1. The molecule has 0 bridgehead atoms. The Labute approximate surface area is 539 Å². The zero-order chi connectivity index (χ0) is 63.4. The van der Waals surface area contributed by atoms with Gasteiger partial charge in [-0.1, -0.05) is 341 Å². The molecule has 0 rings (SSSR count). The Kier molecular flexibility index (Phi) is 64.9. The highest BCUT2D eigenvalue weighted by molar-refractivity contribution is 7.47. The van der Waals surface area contributed by atoms with Crippen LogP contribution in [0.1, 0.15) is 316 Å². The average molecular weight is 1230 g/mol. The van der Waals surface area contributed by atoms with E-state index in [0.717, 1.165) is 116 Å². The molecule has 0 saturated heterocycles. The number of aliphatic hydroxyl groups is 1. The van der Waals surface area contributed by atoms with Crippen LogP contribution in [0.15, 0.2) is 122 Å². The summed E-state index contributed by atoms with van der Waals surface area (Å²) in [4.78, 5) is 23.5. The first-order valence-corrected chi connectivity index (χ1v) is 37.9. The molecule has 0 aliphatic heterocycles. The number of phosphoric ester groups is 1. The summed E-state index contributed by atoms with van der Waals surface area (Å²) in [6.07, 6.45) is 100. The van der Waals surface area contributed by atoms with E-state index in [2.05, 4.69) is 141 Å². The first-order chi connectivity index (χ1) is 42.5. The predicted octanol–water partition coefficient (Wildman–Crippen LogP) is 23.6. The summed E-state index contributed by atoms with van der Waals surface area (Å²) in [5, 5.41) is 14.2. The number of carbonyl (C=O) groups excluding carboxylic acids is 1. The Morgan fingerprint density at radius 2 is 0.690 bits per heavy atom. The smallest absolute Gasteiger partial charge is 0.391 e. The Hall–Kier alpha value is -3.10. The van der Waals surface area contributed by atoms with Gasteiger partial charge in [0.25, 0.3) is 0 Å². The molecule has 8 nitrogen and oxygen atoms in total. The number of hydrogen-bond acceptors (Lipinski definition) is 5. The van der Waals surface area contributed by atoms with Gasteiger partial charge >= 0.3 is 7.82 Å². The SMILES string of the molecule is CC/C=C\C/C=C\C/C=C\C/C=C\C/C=C\C/C=C\C/C=C\C/C=C\C/C=C\C/C=C\CCCCCCCCC(=O)NC(COP(=O)(O)OCC[N+](C)(C)C)C(O)CCCCCCCCCCCCCCCCCCCCCCCCCCCCCC. The van der Waals surface area contributed by atoms with Crippen molar-refractivity contribution in [3.63, 3.8) is 0 Å². The highest BCUT2D eigenvalue weighted by atomic mass is 31.2. The van der Waals surface area contributed by atoms with Crippen LogP contribution in [-0.4, -0.2) is 73.4 Å². The number of nitrogens with zero attached hydrogens (tertiary/aromatic N) is 1. The van der Waals surface area contributed by atoms with Gasteiger partial charge in [-0.2, -0.15) is 0 Å². The van der Waals surface area contributed by atoms with E-state index in [1.54, 1.807) is 0 Å². The maximum atomic E-state index is 13.1. The third-order valence-corrected chi connectivity index (χ3v) is 17.0. The monoisotopic (exact) mass is 1230 g/mol. The Morgan fingerprint density at radius 3 is 1.01 bits per heavy atom. The lowest BCUT2D eigenvalue weighted by Gasteiger charge is -2.26. The van der Waals surface area contributed by atoms with Gasteiger partial charge < -0.3 is 19.8 Å². The number of nitrogens with one attached hydrogen (secondary N) is 1. The standard InChI is InChI=1S/C78H139N2O6P/c1-6-8-10-12-14-16-18-20-22-24-26-28-30-32-34-36-37-38-39-40-41-42-43-44-46-48-50-52-54-56-58-60-62-64-66-68-70-72-78(82)79-76(75-86-87(83,84)85-74-73-80(3,4)5)77(81)71-69-67-65-63-61-59-57-55-53-51-49-47-45-35-33-31-29-27-25-23-21-19-17-15-13-11-9-7-2/h8,10,14,16,20,22,26,28,32,34,37-38,40-41,43-44,48,50,54,56,76-77,81H,6-7,9,11-13,15,17-19,21,23-25,27,29-31,33,35-36,39,42,45-47,49,51-53,55,57-75H2,1-5H3,(H-,79,82,83,84)/p+1/b10-8-,16-14-,22-20-,28-26-,34-32-,38-37-,41-40-,44-43-,50-48-,56-54-. The van der Waals surface area contributed by atoms with Gasteiger partial charge in [0, 0.05) is 6.42 Å². The Bertz CT molecular complexity index is 1840. The zero-order valence-electron chi connectivity index (χ0n) is 57.5. The molecule has 0 saturated carbocycles. The van der Waals surface area contributed by atoms with E-state index >= 15 is 0 Å². The molecule has 0 aliphatic rings. The Morgan fingerprint density at radius 1 is 0.402 bits per heavy atom. The molecule has 0 aromatic carbocycles. The molecule has 0 heterocycles. The van der Waals surface area contributed by atoms with Gasteiger partial charge in [0.1, 0.15) is 13.2 Å². The molecule has 3 N–H and O–H groups in total. The molecule has 9 heteroatoms. The minimum absolute atomic E-state index is 0.0661. The summed E-state index contributed by atoms with van der Waals surface area (Å²) >= 11 is 0. The van der Waals surface area contributed by atoms with Crippen molar-refractivity contribution in [3.05, 3.63) is 122 Å². The summed E-state index contributed by atoms with van der Waals surface area (Å²) in [5.41, 5.74) is 0. The fraction of sp³-hybridized carbons (Fsp3) is 0.731. The average Bonchev–Trinajstić information content (AvgIpc) is 3.70. The number of quaternary nitrogens is 1. The highest BCUT2D eigenvalue weighted by Crippen LogP contribution is 2.43. The number of rotatable bonds is 66. The number of likely N-dealkylation sites (N-methyl/N-ethyl adjacent to an activating group) is 1. The first-order valence-electron chi connectivity index (χ1n) is 36.4. The third kappa shape index (κ3) is 70.2. The van der Waals surface area contributed by atoms with E-state index in [-0.39, 0.29) is 19.1 Å². The first kappa shape index (κ1) is 83.9. The maximum absolute atomic E-state index is 13.1. The third-order valence-electron chi connectivity index (χ3n) is 16.0. The van der Waals surface area contributed by atoms with Gasteiger partial charge in [-0.05, 0) is 89.9 Å². The van der Waals surface area contributed by atoms with Gasteiger partial charge in [-0.15, -0.1) is 0 Å². The number of amides is 1. The molecule has 3 atom stereocenters. The maximum Gasteiger partial charge on any atom is 0.472 e. The number of hydrogen-bond donors (Lipinski definition) is 3. The molecular weight excluding hydrogens is 1090 g/mol. The van der Waals surface area contributed by atoms with Gasteiger partial charge in [-0.25, -0.2) is 4.57 Å². The van der Waals surface area contributed by atoms with E-state index in [1.807, 2.05) is 21.1 Å². The van der Waals surface area contributed by atoms with Crippen molar-refractivity contribution in [1.29, 1.82) is 0 Å². The minimum atomic E-state index is -4.34. The van der Waals surface area contributed by atoms with Crippen molar-refractivity contribution in [1.82, 2.24) is 5.32 Å². The van der Waals surface area contributed by atoms with Crippen LogP contribution in [0.5, 0.6) is 0 Å². The lowest BCUT2D eigenvalue weighted by molar-refractivity contribution is -0.870. The molecule has 87 heavy (non-hydrogen) atoms. The van der Waals surface area contributed by atoms with Crippen molar-refractivity contribution in [3.8, 4) is 0 Å². The van der Waals surface area contributed by atoms with E-state index in [4.69, 9.17) is 9.05 Å². The molecule has 1 amide bonds. The van der Waals surface area contributed by atoms with Crippen LogP contribution in [0.2, 0.25) is 0 Å². The predicted molar refractivity (Wildman–Crippen MR) is 382 cm³/mol. The van der Waals surface area contributed by atoms with Crippen molar-refractivity contribution in [2.75, 3.05) is 40.9 Å². The van der Waals surface area contributed by atoms with Crippen LogP contribution in [0.4, 0.5) is 0 Å². The van der Waals surface area contributed by atoms with Gasteiger partial charge in [0.05, 0.1) is 39.9 Å². The number of carbonyl (C=O) groups is 1. The van der Waals surface area contributed by atoms with Crippen LogP contribution < -0.4 is 5.32 Å². The van der Waals surface area contributed by atoms with Gasteiger partial charge in [-0.3, -0.25) is 13.8 Å². The molecule has 0 spiro atoms. The van der Waals surface area contributed by atoms with E-state index in [0.29, 0.717) is 23.9 Å². The summed E-state index contributed by atoms with van der Waals surface area (Å²) in [6.45, 7) is 4.79. The second-order valence-electron chi connectivity index (χ2n) is 25.6. The summed E-state index contributed by atoms with van der Waals surface area (Å²) in [5.74, 6) is -0.160. The lowest BCUT2D eigenvalue weighted by atomic mass is 10.0. The fourth-order valence-electron chi connectivity index (χ4n) is 10.4.